The quantitative estimate of drug-likeness (QED) is 0.768. The van der Waals surface area contributed by atoms with Gasteiger partial charge in [-0.1, -0.05) is 12.7 Å². The number of aliphatic hydroxyl groups excluding tert-OH is 2. The van der Waals surface area contributed by atoms with Crippen LogP contribution in [0.1, 0.15) is 18.7 Å². The minimum atomic E-state index is -2.10. The monoisotopic (exact) mass is 308 g/mol. The standard InChI is InChI=1S/C14H17FN4O3/c1-3-7-4-19(12-9(7)11(16)17-6-18-12)13-14(2,15)10(21)8(5-20)22-13/h3-4,6,8,10,13,20-21H,1,5H2,2H3,(H2,16,17,18)/t8?,10?,13-,14-/m1/s1. The zero-order valence-corrected chi connectivity index (χ0v) is 12.0. The highest BCUT2D eigenvalue weighted by Crippen LogP contribution is 2.43. The minimum Gasteiger partial charge on any atom is -0.394 e. The van der Waals surface area contributed by atoms with E-state index in [2.05, 4.69) is 16.5 Å². The highest BCUT2D eigenvalue weighted by molar-refractivity contribution is 5.94. The van der Waals surface area contributed by atoms with E-state index >= 15 is 0 Å². The van der Waals surface area contributed by atoms with Crippen LogP contribution in [0.5, 0.6) is 0 Å². The molecule has 0 radical (unpaired) electrons. The highest BCUT2D eigenvalue weighted by Gasteiger charge is 2.55. The van der Waals surface area contributed by atoms with E-state index in [1.807, 2.05) is 0 Å². The van der Waals surface area contributed by atoms with Crippen LogP contribution in [0.3, 0.4) is 0 Å². The predicted molar refractivity (Wildman–Crippen MR) is 78.5 cm³/mol. The van der Waals surface area contributed by atoms with E-state index in [9.17, 15) is 14.6 Å². The van der Waals surface area contributed by atoms with Gasteiger partial charge in [0.25, 0.3) is 0 Å². The van der Waals surface area contributed by atoms with Crippen LogP contribution >= 0.6 is 0 Å². The van der Waals surface area contributed by atoms with Crippen molar-refractivity contribution in [3.05, 3.63) is 24.7 Å². The number of nitrogens with two attached hydrogens (primary N) is 1. The Labute approximate surface area is 125 Å². The summed E-state index contributed by atoms with van der Waals surface area (Å²) < 4.78 is 21.9. The molecule has 3 rings (SSSR count). The van der Waals surface area contributed by atoms with Crippen molar-refractivity contribution in [2.45, 2.75) is 31.0 Å². The lowest BCUT2D eigenvalue weighted by molar-refractivity contribution is -0.0564. The molecular formula is C14H17FN4O3. The first-order chi connectivity index (χ1) is 10.4. The van der Waals surface area contributed by atoms with E-state index in [-0.39, 0.29) is 5.82 Å². The molecule has 22 heavy (non-hydrogen) atoms. The number of nitrogens with zero attached hydrogens (tertiary/aromatic N) is 3. The second-order valence-electron chi connectivity index (χ2n) is 5.46. The van der Waals surface area contributed by atoms with Crippen LogP contribution in [0, 0.1) is 0 Å². The third kappa shape index (κ3) is 1.92. The molecule has 0 aromatic carbocycles. The van der Waals surface area contributed by atoms with Crippen LogP contribution in [-0.2, 0) is 4.74 Å². The van der Waals surface area contributed by atoms with E-state index in [1.54, 1.807) is 12.3 Å². The van der Waals surface area contributed by atoms with Crippen molar-refractivity contribution in [2.75, 3.05) is 12.3 Å². The van der Waals surface area contributed by atoms with Crippen LogP contribution in [-0.4, -0.2) is 49.2 Å². The number of fused-ring (bicyclic) bond motifs is 1. The summed E-state index contributed by atoms with van der Waals surface area (Å²) in [6.07, 6.45) is 0.812. The number of hydrogen-bond acceptors (Lipinski definition) is 6. The molecule has 0 aliphatic carbocycles. The first-order valence-electron chi connectivity index (χ1n) is 6.78. The Morgan fingerprint density at radius 3 is 2.91 bits per heavy atom. The number of hydrogen-bond donors (Lipinski definition) is 3. The summed E-state index contributed by atoms with van der Waals surface area (Å²) in [4.78, 5) is 8.05. The van der Waals surface area contributed by atoms with E-state index < -0.39 is 30.7 Å². The first kappa shape index (κ1) is 14.9. The SMILES string of the molecule is C=Cc1cn([C@@H]2OC(CO)C(O)[C@@]2(C)F)c2ncnc(N)c12. The van der Waals surface area contributed by atoms with Crippen molar-refractivity contribution in [2.24, 2.45) is 0 Å². The molecule has 1 fully saturated rings. The van der Waals surface area contributed by atoms with Gasteiger partial charge < -0.3 is 25.3 Å². The number of ether oxygens (including phenoxy) is 1. The summed E-state index contributed by atoms with van der Waals surface area (Å²) in [6.45, 7) is 4.44. The zero-order valence-electron chi connectivity index (χ0n) is 12.0. The summed E-state index contributed by atoms with van der Waals surface area (Å²) >= 11 is 0. The van der Waals surface area contributed by atoms with E-state index in [1.165, 1.54) is 17.8 Å². The Morgan fingerprint density at radius 2 is 2.32 bits per heavy atom. The molecule has 4 atom stereocenters. The van der Waals surface area contributed by atoms with Crippen LogP contribution in [0.4, 0.5) is 10.2 Å². The second-order valence-corrected chi connectivity index (χ2v) is 5.46. The summed E-state index contributed by atoms with van der Waals surface area (Å²) in [7, 11) is 0. The molecule has 0 saturated carbocycles. The molecule has 0 bridgehead atoms. The minimum absolute atomic E-state index is 0.247. The summed E-state index contributed by atoms with van der Waals surface area (Å²) in [6, 6.07) is 0. The molecule has 2 aromatic heterocycles. The molecule has 118 valence electrons. The fourth-order valence-corrected chi connectivity index (χ4v) is 2.83. The Bertz CT molecular complexity index is 730. The van der Waals surface area contributed by atoms with Crippen molar-refractivity contribution in [3.8, 4) is 0 Å². The number of halogens is 1. The average Bonchev–Trinajstić information content (AvgIpc) is 2.97. The number of aromatic nitrogens is 3. The summed E-state index contributed by atoms with van der Waals surface area (Å²) in [5.41, 5.74) is 4.77. The van der Waals surface area contributed by atoms with Gasteiger partial charge in [0.2, 0.25) is 0 Å². The molecule has 0 amide bonds. The summed E-state index contributed by atoms with van der Waals surface area (Å²) in [5, 5.41) is 19.7. The maximum atomic E-state index is 14.9. The number of rotatable bonds is 3. The van der Waals surface area contributed by atoms with Gasteiger partial charge in [-0.3, -0.25) is 0 Å². The van der Waals surface area contributed by atoms with E-state index in [4.69, 9.17) is 10.5 Å². The lowest BCUT2D eigenvalue weighted by Gasteiger charge is -2.25. The Balaban J connectivity index is 2.19. The predicted octanol–water partition coefficient (Wildman–Crippen LogP) is 0.635. The van der Waals surface area contributed by atoms with Gasteiger partial charge in [0.1, 0.15) is 30.0 Å². The highest BCUT2D eigenvalue weighted by atomic mass is 19.1. The Morgan fingerprint density at radius 1 is 1.59 bits per heavy atom. The number of alkyl halides is 1. The Hall–Kier alpha value is -2.03. The van der Waals surface area contributed by atoms with Gasteiger partial charge in [0, 0.05) is 11.8 Å². The van der Waals surface area contributed by atoms with Gasteiger partial charge in [0.05, 0.1) is 12.0 Å². The summed E-state index contributed by atoms with van der Waals surface area (Å²) in [5.74, 6) is 0.247. The maximum absolute atomic E-state index is 14.9. The average molecular weight is 308 g/mol. The lowest BCUT2D eigenvalue weighted by atomic mass is 9.98. The topological polar surface area (TPSA) is 106 Å². The third-order valence-corrected chi connectivity index (χ3v) is 4.04. The van der Waals surface area contributed by atoms with E-state index in [0.29, 0.717) is 16.6 Å². The van der Waals surface area contributed by atoms with E-state index in [0.717, 1.165) is 0 Å². The van der Waals surface area contributed by atoms with Gasteiger partial charge in [-0.05, 0) is 6.92 Å². The van der Waals surface area contributed by atoms with Gasteiger partial charge >= 0.3 is 0 Å². The first-order valence-corrected chi connectivity index (χ1v) is 6.78. The largest absolute Gasteiger partial charge is 0.394 e. The number of aliphatic hydroxyl groups is 2. The van der Waals surface area contributed by atoms with Crippen molar-refractivity contribution in [1.82, 2.24) is 14.5 Å². The van der Waals surface area contributed by atoms with Crippen LogP contribution < -0.4 is 5.73 Å². The van der Waals surface area contributed by atoms with Crippen LogP contribution in [0.15, 0.2) is 19.1 Å². The fraction of sp³-hybridized carbons (Fsp3) is 0.429. The molecule has 2 unspecified atom stereocenters. The zero-order chi connectivity index (χ0) is 16.1. The molecule has 1 aliphatic rings. The smallest absolute Gasteiger partial charge is 0.181 e. The number of anilines is 1. The van der Waals surface area contributed by atoms with Gasteiger partial charge in [-0.15, -0.1) is 0 Å². The Kier molecular flexibility index (Phi) is 3.39. The second kappa shape index (κ2) is 5.01. The van der Waals surface area contributed by atoms with Crippen molar-refractivity contribution >= 4 is 22.9 Å². The third-order valence-electron chi connectivity index (χ3n) is 4.04. The van der Waals surface area contributed by atoms with Gasteiger partial charge in [-0.25, -0.2) is 14.4 Å². The molecule has 8 heteroatoms. The lowest BCUT2D eigenvalue weighted by Crippen LogP contribution is -2.40. The molecule has 0 spiro atoms. The van der Waals surface area contributed by atoms with Gasteiger partial charge in [-0.2, -0.15) is 0 Å². The maximum Gasteiger partial charge on any atom is 0.181 e. The molecular weight excluding hydrogens is 291 g/mol. The molecule has 7 nitrogen and oxygen atoms in total. The van der Waals surface area contributed by atoms with Crippen LogP contribution in [0.2, 0.25) is 0 Å². The molecule has 1 aliphatic heterocycles. The fourth-order valence-electron chi connectivity index (χ4n) is 2.83. The molecule has 2 aromatic rings. The molecule has 4 N–H and O–H groups in total. The molecule has 3 heterocycles. The molecule has 1 saturated heterocycles. The normalized spacial score (nSPS) is 31.7. The van der Waals surface area contributed by atoms with Crippen LogP contribution in [0.25, 0.3) is 17.1 Å². The van der Waals surface area contributed by atoms with Crippen molar-refractivity contribution in [3.63, 3.8) is 0 Å². The van der Waals surface area contributed by atoms with Gasteiger partial charge in [0.15, 0.2) is 11.9 Å². The van der Waals surface area contributed by atoms with Crippen molar-refractivity contribution in [1.29, 1.82) is 0 Å². The van der Waals surface area contributed by atoms with Crippen molar-refractivity contribution < 1.29 is 19.3 Å². The number of nitrogen functional groups attached to an aromatic ring is 1.